The summed E-state index contributed by atoms with van der Waals surface area (Å²) in [7, 11) is 52.7. The highest BCUT2D eigenvalue weighted by Crippen LogP contribution is 2.10. The average molecular weight is 2620 g/mol. The number of likely N-dealkylation sites (tertiary alicyclic amines) is 2. The van der Waals surface area contributed by atoms with Gasteiger partial charge in [0.15, 0.2) is 0 Å². The minimum absolute atomic E-state index is 0. The third-order valence-electron chi connectivity index (χ3n) is 21.0. The minimum atomic E-state index is 0. The standard InChI is InChI=1S/C11H27N3.C8H19N2O.C8H19N2.2C7H17N2.3C6H14N2.C6H13N.C5H11N.C5H7N.2C3H8.5C2H6.8HI/c1-12(2)8-6-10-14(5)11-7-9-13(3)4;1-9-3-5-10(2,6-4-9)7-8-11;1-4-10(3)7-5-9(2)6-8-10;2*1-8-4-6-9(2,3)7-5-8;3*1-7-3-5-8(2)6-4-7;1-7-5-3-2-4-6-7;2*1-6-4-2-3-5-6;2*1-3-2;5*1-2;;;;;;;;/h6-11H2,1-5H3;11H,3-8H2,1-2H3;4-8H2,1-3H3;2*4-7H2,1-3H3;3*3-6H2,1-2H3;2-6H2,1H3;2-5H2,1H3;2-5H,1H3;2*3H2,1-2H3;5*1-2H3;8*1H/q;4*+1;;;;;;;;;;;;;;;;;;;;;/p-8. The molecule has 1 N–H and O–H groups in total. The number of aryl methyl sites for hydroxylation is 1. The molecule has 9 saturated heterocycles. The quantitative estimate of drug-likeness (QED) is 0.169. The third kappa shape index (κ3) is 118. The zero-order chi connectivity index (χ0) is 88.0. The van der Waals surface area contributed by atoms with Crippen molar-refractivity contribution in [1.29, 1.82) is 0 Å². The van der Waals surface area contributed by atoms with Crippen molar-refractivity contribution < 1.29 is 215 Å². The highest BCUT2D eigenvalue weighted by molar-refractivity contribution is 4.88. The average Bonchev–Trinajstić information content (AvgIpc) is 0.940. The first-order valence-electron chi connectivity index (χ1n) is 46.1. The van der Waals surface area contributed by atoms with Crippen molar-refractivity contribution in [2.24, 2.45) is 7.05 Å². The van der Waals surface area contributed by atoms with Crippen LogP contribution in [0.15, 0.2) is 24.5 Å². The maximum Gasteiger partial charge on any atom is 0.102 e. The maximum absolute atomic E-state index is 8.82. The van der Waals surface area contributed by atoms with Gasteiger partial charge in [0, 0.05) is 150 Å². The molecule has 748 valence electrons. The molecule has 0 aromatic carbocycles. The lowest BCUT2D eigenvalue weighted by Crippen LogP contribution is -3.00. The number of hydrogen-bond acceptors (Lipinski definition) is 16. The number of quaternary nitrogens is 4. The van der Waals surface area contributed by atoms with E-state index >= 15 is 0 Å². The third-order valence-corrected chi connectivity index (χ3v) is 21.0. The van der Waals surface area contributed by atoms with Crippen LogP contribution in [0.4, 0.5) is 0 Å². The molecule has 10 heterocycles. The summed E-state index contributed by atoms with van der Waals surface area (Å²) in [6.07, 6.45) is 16.1. The summed E-state index contributed by atoms with van der Waals surface area (Å²) in [4.78, 5) is 35.4. The molecule has 0 saturated carbocycles. The van der Waals surface area contributed by atoms with E-state index in [9.17, 15) is 0 Å². The van der Waals surface area contributed by atoms with E-state index in [2.05, 4.69) is 270 Å². The Morgan fingerprint density at radius 2 is 0.450 bits per heavy atom. The first kappa shape index (κ1) is 161. The molecule has 0 unspecified atom stereocenters. The van der Waals surface area contributed by atoms with Crippen LogP contribution in [0.3, 0.4) is 0 Å². The predicted molar refractivity (Wildman–Crippen MR) is 509 cm³/mol. The fourth-order valence-corrected chi connectivity index (χ4v) is 11.6. The van der Waals surface area contributed by atoms with Crippen molar-refractivity contribution in [2.75, 3.05) is 417 Å². The molecule has 1 aromatic heterocycles. The summed E-state index contributed by atoms with van der Waals surface area (Å²) >= 11 is 0. The van der Waals surface area contributed by atoms with Crippen LogP contribution in [0.1, 0.15) is 162 Å². The summed E-state index contributed by atoms with van der Waals surface area (Å²) in [6.45, 7) is 78.3. The number of nitrogens with zero attached hydrogens (tertiary/aromatic N) is 20. The fourth-order valence-electron chi connectivity index (χ4n) is 11.6. The lowest BCUT2D eigenvalue weighted by atomic mass is 10.1. The van der Waals surface area contributed by atoms with Crippen LogP contribution in [0, 0.1) is 0 Å². The summed E-state index contributed by atoms with van der Waals surface area (Å²) in [5.41, 5.74) is 0. The van der Waals surface area contributed by atoms with E-state index in [-0.39, 0.29) is 192 Å². The van der Waals surface area contributed by atoms with E-state index in [1.54, 1.807) is 0 Å². The molecular formula is C91H218I8N20O-4. The molecule has 120 heavy (non-hydrogen) atoms. The number of hydrogen-bond donors (Lipinski definition) is 1. The molecule has 9 aliphatic rings. The van der Waals surface area contributed by atoms with Gasteiger partial charge in [-0.15, -0.1) is 0 Å². The van der Waals surface area contributed by atoms with Gasteiger partial charge in [0.2, 0.25) is 0 Å². The monoisotopic (exact) mass is 2620 g/mol. The topological polar surface area (TPSA) is 73.8 Å². The lowest BCUT2D eigenvalue weighted by molar-refractivity contribution is -0.913. The minimum Gasteiger partial charge on any atom is -1.00 e. The zero-order valence-corrected chi connectivity index (χ0v) is 105. The Bertz CT molecular complexity index is 1770. The second kappa shape index (κ2) is 112. The molecule has 0 amide bonds. The summed E-state index contributed by atoms with van der Waals surface area (Å²) in [5.74, 6) is 0. The Morgan fingerprint density at radius 1 is 0.267 bits per heavy atom. The summed E-state index contributed by atoms with van der Waals surface area (Å²) in [6, 6.07) is 4.00. The van der Waals surface area contributed by atoms with Crippen molar-refractivity contribution in [3.05, 3.63) is 24.5 Å². The van der Waals surface area contributed by atoms with E-state index in [4.69, 9.17) is 5.11 Å². The van der Waals surface area contributed by atoms with Crippen LogP contribution in [0.2, 0.25) is 0 Å². The van der Waals surface area contributed by atoms with Crippen LogP contribution in [0.25, 0.3) is 0 Å². The van der Waals surface area contributed by atoms with Gasteiger partial charge in [-0.05, 0) is 230 Å². The van der Waals surface area contributed by atoms with Crippen molar-refractivity contribution in [1.82, 2.24) is 78.1 Å². The molecule has 29 heteroatoms. The van der Waals surface area contributed by atoms with Gasteiger partial charge in [-0.25, -0.2) is 0 Å². The van der Waals surface area contributed by atoms with Crippen molar-refractivity contribution in [2.45, 2.75) is 162 Å². The second-order valence-electron chi connectivity index (χ2n) is 34.4. The van der Waals surface area contributed by atoms with Gasteiger partial charge in [0.25, 0.3) is 0 Å². The molecule has 1 aromatic rings. The van der Waals surface area contributed by atoms with E-state index in [1.807, 2.05) is 105 Å². The van der Waals surface area contributed by atoms with Crippen LogP contribution in [0.5, 0.6) is 0 Å². The Kier molecular flexibility index (Phi) is 150. The number of aromatic nitrogens is 1. The first-order valence-corrected chi connectivity index (χ1v) is 46.1. The molecule has 9 fully saturated rings. The number of piperidine rings is 1. The van der Waals surface area contributed by atoms with Crippen LogP contribution in [-0.4, -0.2) is 519 Å². The van der Waals surface area contributed by atoms with Crippen LogP contribution in [-0.2, 0) is 7.05 Å². The van der Waals surface area contributed by atoms with Gasteiger partial charge in [-0.3, -0.25) is 19.6 Å². The number of piperazine rings is 7. The number of halogens is 8. The van der Waals surface area contributed by atoms with Gasteiger partial charge in [-0.2, -0.15) is 0 Å². The molecule has 0 aliphatic carbocycles. The van der Waals surface area contributed by atoms with Crippen molar-refractivity contribution in [3.8, 4) is 0 Å². The highest BCUT2D eigenvalue weighted by atomic mass is 127. The summed E-state index contributed by atoms with van der Waals surface area (Å²) < 4.78 is 6.71. The Morgan fingerprint density at radius 3 is 0.600 bits per heavy atom. The van der Waals surface area contributed by atoms with Gasteiger partial charge >= 0.3 is 0 Å². The maximum atomic E-state index is 8.82. The van der Waals surface area contributed by atoms with Crippen molar-refractivity contribution in [3.63, 3.8) is 0 Å². The van der Waals surface area contributed by atoms with E-state index in [0.717, 1.165) is 24.1 Å². The highest BCUT2D eigenvalue weighted by Gasteiger charge is 2.27. The number of likely N-dealkylation sites (N-methyl/N-ethyl adjacent to an activating group) is 14. The van der Waals surface area contributed by atoms with Gasteiger partial charge in [0.1, 0.15) is 6.54 Å². The second-order valence-corrected chi connectivity index (χ2v) is 34.4. The number of aliphatic hydroxyl groups is 1. The molecule has 0 atom stereocenters. The fraction of sp³-hybridized carbons (Fsp3) is 0.956. The largest absolute Gasteiger partial charge is 1.00 e. The molecule has 0 bridgehead atoms. The van der Waals surface area contributed by atoms with Crippen molar-refractivity contribution >= 4 is 0 Å². The first-order chi connectivity index (χ1) is 52.9. The smallest absolute Gasteiger partial charge is 0.102 e. The van der Waals surface area contributed by atoms with E-state index in [1.165, 1.54) is 300 Å². The van der Waals surface area contributed by atoms with E-state index < -0.39 is 0 Å². The molecule has 0 radical (unpaired) electrons. The van der Waals surface area contributed by atoms with Gasteiger partial charge in [0.05, 0.1) is 108 Å². The molecule has 10 rings (SSSR count). The predicted octanol–water partition coefficient (Wildman–Crippen LogP) is -13.0. The van der Waals surface area contributed by atoms with E-state index in [0.29, 0.717) is 6.61 Å². The number of rotatable bonds is 11. The Hall–Kier alpha value is 4.32. The SMILES string of the molecule is CC.CC.CC.CC.CC.CCC.CCC.CC[N+]1(C)CCN(C)CC1.CN(C)CCCN(C)CCCN(C)C.CN1CCCC1.CN1CCCCC1.CN1CCN(C)CC1.CN1CCN(C)CC1.CN1CCN(C)CC1.CN1CC[N+](C)(C)CC1.CN1CC[N+](C)(C)CC1.CN1CC[N+](C)(CCO)CC1.Cn1cccc1.[I-].[I-].[I-].[I-].[I-].[I-].[I-].[I-]. The lowest BCUT2D eigenvalue weighted by Gasteiger charge is -2.40. The van der Waals surface area contributed by atoms with Crippen LogP contribution < -0.4 is 192 Å². The molecule has 0 spiro atoms. The molecular weight excluding hydrogens is 2400 g/mol. The zero-order valence-electron chi connectivity index (χ0n) is 87.7. The Balaban J connectivity index is -0.0000000694. The normalized spacial score (nSPS) is 19.2. The van der Waals surface area contributed by atoms with Gasteiger partial charge in [-0.1, -0.05) is 116 Å². The number of aliphatic hydroxyl groups excluding tert-OH is 1. The van der Waals surface area contributed by atoms with Crippen LogP contribution >= 0.6 is 0 Å². The molecule has 21 nitrogen and oxygen atoms in total. The molecule has 9 aliphatic heterocycles. The summed E-state index contributed by atoms with van der Waals surface area (Å²) in [5, 5.41) is 8.82. The van der Waals surface area contributed by atoms with Gasteiger partial charge < -0.3 is 273 Å². The Labute approximate surface area is 893 Å².